The number of hydrogen-bond donors (Lipinski definition) is 20. The van der Waals surface area contributed by atoms with E-state index in [1.165, 1.54) is 44.2 Å². The number of rotatable bonds is 28. The van der Waals surface area contributed by atoms with Crippen molar-refractivity contribution >= 4 is 83.0 Å². The first kappa shape index (κ1) is 87.6. The summed E-state index contributed by atoms with van der Waals surface area (Å²) in [5.74, 6) is -17.5. The van der Waals surface area contributed by atoms with Crippen molar-refractivity contribution in [2.24, 2.45) is 41.1 Å². The Morgan fingerprint density at radius 2 is 1.17 bits per heavy atom. The first-order valence-corrected chi connectivity index (χ1v) is 34.5. The van der Waals surface area contributed by atoms with Gasteiger partial charge in [0.25, 0.3) is 5.91 Å². The zero-order valence-corrected chi connectivity index (χ0v) is 60.3. The molecule has 22 N–H and O–H groups in total. The van der Waals surface area contributed by atoms with E-state index in [1.54, 1.807) is 71.9 Å². The number of nitrogens with two attached hydrogens (primary N) is 2. The number of nitrogens with one attached hydrogen (secondary N) is 14. The fourth-order valence-electron chi connectivity index (χ4n) is 10.5. The minimum atomic E-state index is -2.62. The molecular weight excluding hydrogens is 1340 g/mol. The van der Waals surface area contributed by atoms with Crippen LogP contribution in [-0.4, -0.2) is 215 Å². The van der Waals surface area contributed by atoms with Gasteiger partial charge >= 0.3 is 12.1 Å². The summed E-state index contributed by atoms with van der Waals surface area (Å²) in [5, 5.41) is 84.5. The van der Waals surface area contributed by atoms with Gasteiger partial charge in [0.05, 0.1) is 31.4 Å². The third-order valence-corrected chi connectivity index (χ3v) is 16.4. The molecule has 2 aromatic rings. The number of hydrogen-bond acceptors (Lipinski definition) is 21. The molecule has 1 fully saturated rings. The van der Waals surface area contributed by atoms with Gasteiger partial charge in [-0.05, 0) is 79.7 Å². The van der Waals surface area contributed by atoms with Crippen molar-refractivity contribution in [3.8, 4) is 0 Å². The van der Waals surface area contributed by atoms with E-state index >= 15 is 9.59 Å². The standard InChI is InChI=1S/C68H108N16O19/c1-12-38(10)48-61(95)82-49(39(11)86)60(94)75-31-47(87)80-51(54(89)65(99)72-26-27-74-68(101)102-33-40-20-15-13-16-21-40)63(97)79-46(32-85)66(100)103-55(41-22-17-14-18-23-41)52(84-59(93)45(30-36(6)7)77-56(90)42(69)28-34(2)3)64(98)83-50(53(88)37(8)9)62(96)78-44(29-35(4)5)58(92)76-43(57(91)81-48)24-19-25-73-67(70)71/h13-18,20-23,34-39,42-46,48-55,85-86,88-89H,12,19,24-33,69H2,1-11H3,(H,72,99)(H,74,101)(H,75,94)(H,76,92)(H,77,90)(H,78,96)(H,79,97)(H,80,87)(H,81,91)(H,82,95)(H,83,98)(H,84,93)(H4,70,71,73)/t38-,39-,42+,43+,44-,45-,46-,48-,49-,50-,51-,52-,53+,54-,55+/m0/s1. The molecule has 35 nitrogen and oxygen atoms in total. The van der Waals surface area contributed by atoms with Crippen LogP contribution in [0.2, 0.25) is 0 Å². The molecule has 1 saturated heterocycles. The minimum absolute atomic E-state index is 0.0000919. The Morgan fingerprint density at radius 1 is 0.612 bits per heavy atom. The lowest BCUT2D eigenvalue weighted by Crippen LogP contribution is -2.64. The van der Waals surface area contributed by atoms with Gasteiger partial charge in [-0.15, -0.1) is 0 Å². The molecule has 12 amide bonds. The van der Waals surface area contributed by atoms with Crippen molar-refractivity contribution in [2.45, 2.75) is 206 Å². The SMILES string of the molecule is CC[C@H](C)[C@@H]1NC(=O)[C@@H](CCCNC(=N)N)NC(=O)[C@H](CC(C)C)NC(=O)[C@H]([C@H](O)C(C)C)NC(=O)[C@@H](NC(=O)[C@H](CC(C)C)NC(=O)[C@H](N)CC(C)C)[C@@H](c2ccccc2)OC(=O)[C@H](CO)NC(=O)[C@H]([C@H](O)C(=O)NCCNC(=O)OCc2ccccc2)NC(=O)CNC(=O)[C@H]([C@H](C)O)NC1=O. The van der Waals surface area contributed by atoms with Crippen molar-refractivity contribution < 1.29 is 92.2 Å². The number of ether oxygens (including phenoxy) is 2. The van der Waals surface area contributed by atoms with Crippen molar-refractivity contribution in [1.82, 2.24) is 69.1 Å². The zero-order valence-electron chi connectivity index (χ0n) is 60.3. The summed E-state index contributed by atoms with van der Waals surface area (Å²) < 4.78 is 11.2. The number of aliphatic hydroxyl groups is 4. The molecule has 3 rings (SSSR count). The maximum absolute atomic E-state index is 15.5. The van der Waals surface area contributed by atoms with E-state index in [0.29, 0.717) is 5.56 Å². The highest BCUT2D eigenvalue weighted by atomic mass is 16.6. The highest BCUT2D eigenvalue weighted by Gasteiger charge is 2.44. The molecule has 0 unspecified atom stereocenters. The maximum Gasteiger partial charge on any atom is 0.407 e. The lowest BCUT2D eigenvalue weighted by atomic mass is 9.95. The number of benzene rings is 2. The molecule has 15 atom stereocenters. The maximum atomic E-state index is 15.5. The molecule has 0 radical (unpaired) electrons. The smallest absolute Gasteiger partial charge is 0.407 e. The molecule has 1 aliphatic heterocycles. The Hall–Kier alpha value is -9.58. The van der Waals surface area contributed by atoms with E-state index in [1.807, 2.05) is 13.8 Å². The van der Waals surface area contributed by atoms with Gasteiger partial charge in [0, 0.05) is 19.6 Å². The lowest BCUT2D eigenvalue weighted by molar-refractivity contribution is -0.159. The molecule has 35 heteroatoms. The predicted octanol–water partition coefficient (Wildman–Crippen LogP) is -3.67. The Morgan fingerprint density at radius 3 is 1.74 bits per heavy atom. The molecule has 0 saturated carbocycles. The van der Waals surface area contributed by atoms with E-state index in [9.17, 15) is 73.2 Å². The van der Waals surface area contributed by atoms with Gasteiger partial charge in [0.2, 0.25) is 59.1 Å². The Balaban J connectivity index is 2.39. The molecule has 0 spiro atoms. The second kappa shape index (κ2) is 44.0. The number of cyclic esters (lactones) is 1. The van der Waals surface area contributed by atoms with Crippen molar-refractivity contribution in [3.05, 3.63) is 71.8 Å². The van der Waals surface area contributed by atoms with Gasteiger partial charge in [0.1, 0.15) is 54.9 Å². The summed E-state index contributed by atoms with van der Waals surface area (Å²) in [6.45, 7) is 14.4. The van der Waals surface area contributed by atoms with Gasteiger partial charge in [-0.2, -0.15) is 0 Å². The minimum Gasteiger partial charge on any atom is -0.453 e. The number of esters is 1. The third-order valence-electron chi connectivity index (χ3n) is 16.4. The number of alkyl carbamates (subject to hydrolysis) is 1. The number of amides is 12. The monoisotopic (exact) mass is 1450 g/mol. The zero-order chi connectivity index (χ0) is 77.4. The number of aliphatic hydroxyl groups excluding tert-OH is 4. The second-order valence-electron chi connectivity index (χ2n) is 27.0. The molecule has 0 aromatic heterocycles. The average molecular weight is 1450 g/mol. The van der Waals surface area contributed by atoms with Crippen LogP contribution in [0, 0.1) is 35.0 Å². The molecule has 2 aromatic carbocycles. The van der Waals surface area contributed by atoms with Crippen LogP contribution in [0.4, 0.5) is 4.79 Å². The average Bonchev–Trinajstić information content (AvgIpc) is 0.814. The molecule has 0 aliphatic carbocycles. The van der Waals surface area contributed by atoms with Crippen LogP contribution in [0.25, 0.3) is 0 Å². The summed E-state index contributed by atoms with van der Waals surface area (Å²) in [7, 11) is 0. The van der Waals surface area contributed by atoms with Gasteiger partial charge in [-0.25, -0.2) is 9.59 Å². The molecule has 103 heavy (non-hydrogen) atoms. The fourth-order valence-corrected chi connectivity index (χ4v) is 10.5. The predicted molar refractivity (Wildman–Crippen MR) is 374 cm³/mol. The summed E-state index contributed by atoms with van der Waals surface area (Å²) in [5.41, 5.74) is 12.3. The first-order chi connectivity index (χ1) is 48.5. The molecule has 1 aliphatic rings. The van der Waals surface area contributed by atoms with Crippen LogP contribution in [0.5, 0.6) is 0 Å². The molecular formula is C68H108N16O19. The van der Waals surface area contributed by atoms with Crippen molar-refractivity contribution in [1.29, 1.82) is 5.41 Å². The Bertz CT molecular complexity index is 3160. The third kappa shape index (κ3) is 30.1. The number of guanidine groups is 1. The first-order valence-electron chi connectivity index (χ1n) is 34.5. The van der Waals surface area contributed by atoms with Crippen LogP contribution in [-0.2, 0) is 73.6 Å². The van der Waals surface area contributed by atoms with Gasteiger partial charge in [0.15, 0.2) is 24.2 Å². The van der Waals surface area contributed by atoms with Gasteiger partial charge in [-0.1, -0.05) is 136 Å². The van der Waals surface area contributed by atoms with E-state index in [-0.39, 0.29) is 75.6 Å². The van der Waals surface area contributed by atoms with E-state index < -0.39 is 205 Å². The van der Waals surface area contributed by atoms with Crippen molar-refractivity contribution in [2.75, 3.05) is 32.8 Å². The van der Waals surface area contributed by atoms with Crippen LogP contribution in [0.15, 0.2) is 60.7 Å². The second-order valence-corrected chi connectivity index (χ2v) is 27.0. The highest BCUT2D eigenvalue weighted by molar-refractivity contribution is 6.00. The number of carbonyl (C=O) groups excluding carboxylic acids is 13. The van der Waals surface area contributed by atoms with Crippen molar-refractivity contribution in [3.63, 3.8) is 0 Å². The summed E-state index contributed by atoms with van der Waals surface area (Å²) >= 11 is 0. The van der Waals surface area contributed by atoms with Crippen LogP contribution < -0.4 is 80.6 Å². The van der Waals surface area contributed by atoms with Crippen LogP contribution in [0.1, 0.15) is 132 Å². The summed E-state index contributed by atoms with van der Waals surface area (Å²) in [4.78, 5) is 186. The Labute approximate surface area is 599 Å². The number of carbonyl (C=O) groups is 13. The van der Waals surface area contributed by atoms with Gasteiger partial charge < -0.3 is 110 Å². The molecule has 1 heterocycles. The summed E-state index contributed by atoms with van der Waals surface area (Å²) in [6.07, 6.45) is -9.19. The topological polar surface area (TPSA) is 554 Å². The molecule has 574 valence electrons. The van der Waals surface area contributed by atoms with E-state index in [2.05, 4.69) is 69.1 Å². The van der Waals surface area contributed by atoms with Gasteiger partial charge in [-0.3, -0.25) is 58.1 Å². The van der Waals surface area contributed by atoms with E-state index in [0.717, 1.165) is 6.92 Å². The Kier molecular flexibility index (Phi) is 37.5. The normalized spacial score (nSPS) is 22.9. The lowest BCUT2D eigenvalue weighted by Gasteiger charge is -2.34. The highest BCUT2D eigenvalue weighted by Crippen LogP contribution is 2.25. The quantitative estimate of drug-likeness (QED) is 0.0169. The fraction of sp³-hybridized carbons (Fsp3) is 0.618. The summed E-state index contributed by atoms with van der Waals surface area (Å²) in [6, 6.07) is -2.52. The van der Waals surface area contributed by atoms with E-state index in [4.69, 9.17) is 26.4 Å². The largest absolute Gasteiger partial charge is 0.453 e. The van der Waals surface area contributed by atoms with Crippen LogP contribution >= 0.6 is 0 Å². The van der Waals surface area contributed by atoms with Crippen LogP contribution in [0.3, 0.4) is 0 Å². The molecule has 0 bridgehead atoms.